The highest BCUT2D eigenvalue weighted by atomic mass is 16.6. The largest absolute Gasteiger partial charge is 0.508 e. The maximum Gasteiger partial charge on any atom is 0.340 e. The molecule has 2 heterocycles. The van der Waals surface area contributed by atoms with Crippen LogP contribution in [0.4, 0.5) is 0 Å². The molecule has 0 radical (unpaired) electrons. The van der Waals surface area contributed by atoms with Gasteiger partial charge < -0.3 is 19.4 Å². The summed E-state index contributed by atoms with van der Waals surface area (Å²) in [6.45, 7) is 14.2. The molecule has 4 aromatic rings. The summed E-state index contributed by atoms with van der Waals surface area (Å²) < 4.78 is 11.9. The lowest BCUT2D eigenvalue weighted by atomic mass is 9.73. The molecule has 0 bridgehead atoms. The second-order valence-corrected chi connectivity index (χ2v) is 11.8. The van der Waals surface area contributed by atoms with E-state index in [1.165, 1.54) is 0 Å². The summed E-state index contributed by atoms with van der Waals surface area (Å²) >= 11 is 0. The van der Waals surface area contributed by atoms with Crippen molar-refractivity contribution in [2.45, 2.75) is 78.2 Å². The van der Waals surface area contributed by atoms with Gasteiger partial charge in [0.05, 0.1) is 18.1 Å². The molecule has 0 saturated heterocycles. The van der Waals surface area contributed by atoms with E-state index in [4.69, 9.17) is 9.15 Å². The Bertz CT molecular complexity index is 1580. The minimum Gasteiger partial charge on any atom is -0.508 e. The molecule has 2 unspecified atom stereocenters. The molecule has 1 aliphatic heterocycles. The van der Waals surface area contributed by atoms with Crippen molar-refractivity contribution < 1.29 is 24.2 Å². The van der Waals surface area contributed by atoms with Gasteiger partial charge in [0.1, 0.15) is 11.5 Å². The van der Waals surface area contributed by atoms with Gasteiger partial charge in [-0.2, -0.15) is 0 Å². The zero-order valence-electron chi connectivity index (χ0n) is 24.3. The molecule has 2 atom stereocenters. The Balaban J connectivity index is 1.87. The van der Waals surface area contributed by atoms with Gasteiger partial charge in [-0.3, -0.25) is 0 Å². The molecule has 40 heavy (non-hydrogen) atoms. The molecule has 0 saturated carbocycles. The molecular formula is C35H38O5. The van der Waals surface area contributed by atoms with Crippen LogP contribution in [-0.4, -0.2) is 16.2 Å². The molecule has 1 aromatic heterocycles. The summed E-state index contributed by atoms with van der Waals surface area (Å²) in [6, 6.07) is 15.3. The van der Waals surface area contributed by atoms with E-state index in [2.05, 4.69) is 20.8 Å². The van der Waals surface area contributed by atoms with Crippen LogP contribution in [0.5, 0.6) is 11.5 Å². The van der Waals surface area contributed by atoms with Gasteiger partial charge in [0.2, 0.25) is 0 Å². The van der Waals surface area contributed by atoms with Crippen molar-refractivity contribution in [1.29, 1.82) is 0 Å². The van der Waals surface area contributed by atoms with Crippen LogP contribution < -0.4 is 0 Å². The number of phenols is 2. The molecule has 0 fully saturated rings. The number of hydrogen-bond acceptors (Lipinski definition) is 5. The van der Waals surface area contributed by atoms with E-state index in [0.29, 0.717) is 12.0 Å². The van der Waals surface area contributed by atoms with Crippen LogP contribution in [0.1, 0.15) is 113 Å². The lowest BCUT2D eigenvalue weighted by Gasteiger charge is -2.35. The van der Waals surface area contributed by atoms with E-state index in [1.807, 2.05) is 64.1 Å². The number of ether oxygens (including phenoxy) is 1. The Morgan fingerprint density at radius 3 is 2.17 bits per heavy atom. The Morgan fingerprint density at radius 2 is 1.52 bits per heavy atom. The van der Waals surface area contributed by atoms with Crippen LogP contribution >= 0.6 is 0 Å². The Labute approximate surface area is 236 Å². The van der Waals surface area contributed by atoms with Gasteiger partial charge >= 0.3 is 5.97 Å². The summed E-state index contributed by atoms with van der Waals surface area (Å²) in [7, 11) is 0. The molecule has 0 aliphatic carbocycles. The van der Waals surface area contributed by atoms with Crippen molar-refractivity contribution in [2.75, 3.05) is 0 Å². The first-order chi connectivity index (χ1) is 19.0. The number of hydrogen-bond donors (Lipinski definition) is 2. The first-order valence-corrected chi connectivity index (χ1v) is 14.0. The maximum absolute atomic E-state index is 13.5. The number of aromatic hydroxyl groups is 2. The van der Waals surface area contributed by atoms with Crippen molar-refractivity contribution in [2.24, 2.45) is 0 Å². The highest BCUT2D eigenvalue weighted by Crippen LogP contribution is 2.52. The number of carbonyl (C=O) groups is 1. The summed E-state index contributed by atoms with van der Waals surface area (Å²) in [5.74, 6) is 0.298. The van der Waals surface area contributed by atoms with Gasteiger partial charge in [-0.25, -0.2) is 4.79 Å². The van der Waals surface area contributed by atoms with Crippen LogP contribution in [0, 0.1) is 13.8 Å². The average molecular weight is 539 g/mol. The highest BCUT2D eigenvalue weighted by Gasteiger charge is 2.51. The third-order valence-electron chi connectivity index (χ3n) is 8.49. The highest BCUT2D eigenvalue weighted by molar-refractivity contribution is 5.96. The third kappa shape index (κ3) is 4.28. The van der Waals surface area contributed by atoms with Crippen LogP contribution in [0.3, 0.4) is 0 Å². The fourth-order valence-corrected chi connectivity index (χ4v) is 6.20. The molecule has 5 rings (SSSR count). The van der Waals surface area contributed by atoms with Crippen molar-refractivity contribution in [3.8, 4) is 11.5 Å². The normalized spacial score (nSPS) is 17.4. The number of furan rings is 1. The lowest BCUT2D eigenvalue weighted by Crippen LogP contribution is -2.32. The van der Waals surface area contributed by atoms with Crippen molar-refractivity contribution in [1.82, 2.24) is 0 Å². The van der Waals surface area contributed by atoms with Gasteiger partial charge in [0, 0.05) is 16.7 Å². The SMILES string of the molecule is Cc1cc(O)c(C(C)C)cc1C1(c2cc(C(C)C)c(O)c(CC(C)c3ccoc3)c2C)OC(=O)c2ccccc21. The fourth-order valence-electron chi connectivity index (χ4n) is 6.20. The standard InChI is InChI=1S/C35H38O5/c1-19(2)26-16-30(22(6)15-32(26)36)35(29-11-9-8-10-25(29)34(38)40-35)31-17-27(20(3)4)33(37)28(23(31)7)14-21(5)24-12-13-39-18-24/h8-13,15-21,36-37H,14H2,1-7H3. The summed E-state index contributed by atoms with van der Waals surface area (Å²) in [4.78, 5) is 13.5. The van der Waals surface area contributed by atoms with Crippen LogP contribution in [-0.2, 0) is 16.8 Å². The number of carbonyl (C=O) groups excluding carboxylic acids is 1. The average Bonchev–Trinajstić information content (AvgIpc) is 3.54. The molecule has 3 aromatic carbocycles. The van der Waals surface area contributed by atoms with Crippen molar-refractivity contribution in [3.63, 3.8) is 0 Å². The number of benzene rings is 3. The summed E-state index contributed by atoms with van der Waals surface area (Å²) in [6.07, 6.45) is 3.99. The van der Waals surface area contributed by atoms with Crippen molar-refractivity contribution >= 4 is 5.97 Å². The van der Waals surface area contributed by atoms with Gasteiger partial charge in [-0.05, 0) is 102 Å². The van der Waals surface area contributed by atoms with E-state index in [0.717, 1.165) is 50.1 Å². The number of cyclic esters (lactones) is 1. The predicted octanol–water partition coefficient (Wildman–Crippen LogP) is 8.36. The zero-order chi connectivity index (χ0) is 28.9. The van der Waals surface area contributed by atoms with Gasteiger partial charge in [0.25, 0.3) is 0 Å². The zero-order valence-corrected chi connectivity index (χ0v) is 24.3. The quantitative estimate of drug-likeness (QED) is 0.231. The second kappa shape index (κ2) is 10.2. The molecule has 1 aliphatic rings. The van der Waals surface area contributed by atoms with E-state index < -0.39 is 5.60 Å². The van der Waals surface area contributed by atoms with Crippen LogP contribution in [0.2, 0.25) is 0 Å². The topological polar surface area (TPSA) is 79.9 Å². The lowest BCUT2D eigenvalue weighted by molar-refractivity contribution is 0.0247. The molecule has 2 N–H and O–H groups in total. The predicted molar refractivity (Wildman–Crippen MR) is 156 cm³/mol. The molecule has 0 spiro atoms. The molecule has 5 nitrogen and oxygen atoms in total. The number of phenolic OH excluding ortho intramolecular Hbond substituents is 2. The number of esters is 1. The summed E-state index contributed by atoms with van der Waals surface area (Å²) in [5.41, 5.74) is 6.84. The third-order valence-corrected chi connectivity index (χ3v) is 8.49. The first kappa shape index (κ1) is 27.6. The second-order valence-electron chi connectivity index (χ2n) is 11.8. The fraction of sp³-hybridized carbons (Fsp3) is 0.343. The van der Waals surface area contributed by atoms with Crippen molar-refractivity contribution in [3.05, 3.63) is 117 Å². The monoisotopic (exact) mass is 538 g/mol. The number of fused-ring (bicyclic) bond motifs is 1. The van der Waals surface area contributed by atoms with E-state index in [-0.39, 0.29) is 35.2 Å². The van der Waals surface area contributed by atoms with Gasteiger partial charge in [-0.15, -0.1) is 0 Å². The molecule has 5 heteroatoms. The minimum atomic E-state index is -1.25. The minimum absolute atomic E-state index is 0.0267. The maximum atomic E-state index is 13.5. The first-order valence-electron chi connectivity index (χ1n) is 14.0. The Kier molecular flexibility index (Phi) is 7.03. The molecule has 0 amide bonds. The van der Waals surface area contributed by atoms with Crippen LogP contribution in [0.15, 0.2) is 65.5 Å². The molecular weight excluding hydrogens is 500 g/mol. The number of rotatable bonds is 7. The smallest absolute Gasteiger partial charge is 0.340 e. The molecule has 208 valence electrons. The Morgan fingerprint density at radius 1 is 0.850 bits per heavy atom. The Hall–Kier alpha value is -3.99. The van der Waals surface area contributed by atoms with E-state index in [1.54, 1.807) is 24.7 Å². The van der Waals surface area contributed by atoms with Gasteiger partial charge in [-0.1, -0.05) is 52.8 Å². The van der Waals surface area contributed by atoms with E-state index in [9.17, 15) is 15.0 Å². The summed E-state index contributed by atoms with van der Waals surface area (Å²) in [5, 5.41) is 22.4. The number of aryl methyl sites for hydroxylation is 1. The van der Waals surface area contributed by atoms with Crippen LogP contribution in [0.25, 0.3) is 0 Å². The van der Waals surface area contributed by atoms with Gasteiger partial charge in [0.15, 0.2) is 5.60 Å². The van der Waals surface area contributed by atoms with E-state index >= 15 is 0 Å².